The van der Waals surface area contributed by atoms with Crippen LogP contribution in [0, 0.1) is 11.6 Å². The minimum absolute atomic E-state index is 0.00886. The van der Waals surface area contributed by atoms with Crippen molar-refractivity contribution in [2.75, 3.05) is 25.9 Å². The lowest BCUT2D eigenvalue weighted by molar-refractivity contribution is 0.0724. The lowest BCUT2D eigenvalue weighted by Crippen LogP contribution is -2.54. The van der Waals surface area contributed by atoms with E-state index in [4.69, 9.17) is 0 Å². The van der Waals surface area contributed by atoms with Crippen LogP contribution in [0.4, 0.5) is 8.78 Å². The molecule has 3 aromatic rings. The summed E-state index contributed by atoms with van der Waals surface area (Å²) in [5.41, 5.74) is 2.76. The van der Waals surface area contributed by atoms with Gasteiger partial charge in [-0.15, -0.1) is 0 Å². The van der Waals surface area contributed by atoms with Gasteiger partial charge in [0, 0.05) is 45.0 Å². The third-order valence-corrected chi connectivity index (χ3v) is 10.7. The smallest absolute Gasteiger partial charge is 0.272 e. The first-order chi connectivity index (χ1) is 22.0. The van der Waals surface area contributed by atoms with Gasteiger partial charge in [0.25, 0.3) is 5.91 Å². The quantitative estimate of drug-likeness (QED) is 0.171. The summed E-state index contributed by atoms with van der Waals surface area (Å²) >= 11 is 0. The molecule has 1 aromatic heterocycles. The molecule has 11 heteroatoms. The van der Waals surface area contributed by atoms with Gasteiger partial charge in [-0.2, -0.15) is 0 Å². The number of nitrogens with zero attached hydrogens (tertiary/aromatic N) is 2. The monoisotopic (exact) mass is 658 g/mol. The number of pyridine rings is 1. The van der Waals surface area contributed by atoms with E-state index in [9.17, 15) is 27.1 Å². The number of aliphatic hydroxyl groups excluding tert-OH is 1. The molecule has 3 N–H and O–H groups in total. The summed E-state index contributed by atoms with van der Waals surface area (Å²) in [5.74, 6) is -2.20. The van der Waals surface area contributed by atoms with E-state index < -0.39 is 50.8 Å². The number of aliphatic hydroxyl groups is 1. The molecule has 8 nitrogen and oxygen atoms in total. The third kappa shape index (κ3) is 11.2. The van der Waals surface area contributed by atoms with E-state index in [0.717, 1.165) is 18.1 Å². The summed E-state index contributed by atoms with van der Waals surface area (Å²) in [5, 5.41) is 17.3. The molecule has 3 rings (SSSR count). The molecule has 0 aliphatic rings. The van der Waals surface area contributed by atoms with E-state index in [1.807, 2.05) is 32.0 Å². The van der Waals surface area contributed by atoms with Gasteiger partial charge >= 0.3 is 0 Å². The van der Waals surface area contributed by atoms with Crippen LogP contribution in [0.25, 0.3) is 0 Å². The maximum absolute atomic E-state index is 14.1. The topological polar surface area (TPSA) is 112 Å². The summed E-state index contributed by atoms with van der Waals surface area (Å²) in [7, 11) is -2.07. The summed E-state index contributed by atoms with van der Waals surface area (Å²) < 4.78 is 55.4. The number of nitrogens with one attached hydrogen (secondary N) is 2. The third-order valence-electron chi connectivity index (χ3n) is 8.29. The molecule has 0 aliphatic heterocycles. The fourth-order valence-corrected chi connectivity index (χ4v) is 7.84. The second-order valence-electron chi connectivity index (χ2n) is 11.8. The molecule has 252 valence electrons. The van der Waals surface area contributed by atoms with E-state index in [1.54, 1.807) is 25.2 Å². The molecule has 0 saturated heterocycles. The number of carbonyl (C=O) groups excluding carboxylic acids is 1. The first-order valence-corrected chi connectivity index (χ1v) is 17.7. The number of amides is 1. The van der Waals surface area contributed by atoms with Crippen molar-refractivity contribution in [2.45, 2.75) is 82.9 Å². The number of hydrogen-bond acceptors (Lipinski definition) is 7. The van der Waals surface area contributed by atoms with Crippen molar-refractivity contribution in [1.82, 2.24) is 20.5 Å². The normalized spacial score (nSPS) is 14.4. The molecule has 0 fully saturated rings. The number of carbonyl (C=O) groups is 1. The SMILES string of the molecule is CCCC(CC)S(=O)(=O)C[C@@H](CN[C@@H](Cc1cc(F)cc(F)c1)[C@H](O)CNCc1cccc(CC)c1)N(C)C(=O)c1ccccn1. The van der Waals surface area contributed by atoms with Gasteiger partial charge in [-0.1, -0.05) is 57.5 Å². The fourth-order valence-electron chi connectivity index (χ4n) is 5.59. The predicted molar refractivity (Wildman–Crippen MR) is 178 cm³/mol. The molecule has 1 heterocycles. The molecule has 1 amide bonds. The Hall–Kier alpha value is -3.25. The summed E-state index contributed by atoms with van der Waals surface area (Å²) in [6.45, 7) is 6.52. The number of benzene rings is 2. The van der Waals surface area contributed by atoms with Crippen LogP contribution in [0.3, 0.4) is 0 Å². The number of aromatic nitrogens is 1. The fraction of sp³-hybridized carbons (Fsp3) is 0.486. The Kier molecular flexibility index (Phi) is 14.7. The molecule has 4 atom stereocenters. The van der Waals surface area contributed by atoms with Crippen molar-refractivity contribution in [3.05, 3.63) is 101 Å². The van der Waals surface area contributed by atoms with Gasteiger partial charge in [-0.3, -0.25) is 9.78 Å². The average molecular weight is 659 g/mol. The molecular formula is C35H48F2N4O4S. The molecule has 2 aromatic carbocycles. The van der Waals surface area contributed by atoms with Crippen LogP contribution in [-0.4, -0.2) is 78.6 Å². The molecule has 0 saturated carbocycles. The van der Waals surface area contributed by atoms with E-state index in [1.165, 1.54) is 28.8 Å². The van der Waals surface area contributed by atoms with Gasteiger partial charge in [0.1, 0.15) is 17.3 Å². The highest BCUT2D eigenvalue weighted by Gasteiger charge is 2.32. The zero-order chi connectivity index (χ0) is 33.7. The van der Waals surface area contributed by atoms with Gasteiger partial charge < -0.3 is 20.6 Å². The van der Waals surface area contributed by atoms with E-state index in [2.05, 4.69) is 28.6 Å². The Labute approximate surface area is 272 Å². The Morgan fingerprint density at radius 1 is 0.957 bits per heavy atom. The highest BCUT2D eigenvalue weighted by molar-refractivity contribution is 7.92. The van der Waals surface area contributed by atoms with Crippen molar-refractivity contribution >= 4 is 15.7 Å². The summed E-state index contributed by atoms with van der Waals surface area (Å²) in [6.07, 6.45) is 3.11. The van der Waals surface area contributed by atoms with Crippen molar-refractivity contribution in [3.63, 3.8) is 0 Å². The zero-order valence-corrected chi connectivity index (χ0v) is 28.1. The van der Waals surface area contributed by atoms with Crippen LogP contribution in [0.1, 0.15) is 67.2 Å². The number of sulfone groups is 1. The molecule has 0 bridgehead atoms. The minimum atomic E-state index is -3.61. The van der Waals surface area contributed by atoms with Gasteiger partial charge in [-0.25, -0.2) is 17.2 Å². The molecule has 0 radical (unpaired) electrons. The van der Waals surface area contributed by atoms with Crippen LogP contribution < -0.4 is 10.6 Å². The van der Waals surface area contributed by atoms with Gasteiger partial charge in [0.15, 0.2) is 9.84 Å². The second kappa shape index (κ2) is 18.2. The van der Waals surface area contributed by atoms with Gasteiger partial charge in [0.2, 0.25) is 0 Å². The van der Waals surface area contributed by atoms with Crippen LogP contribution in [-0.2, 0) is 29.2 Å². The molecule has 1 unspecified atom stereocenters. The van der Waals surface area contributed by atoms with Gasteiger partial charge in [-0.05, 0) is 66.6 Å². The minimum Gasteiger partial charge on any atom is -0.390 e. The van der Waals surface area contributed by atoms with Crippen molar-refractivity contribution in [2.24, 2.45) is 0 Å². The van der Waals surface area contributed by atoms with Crippen molar-refractivity contribution < 1.29 is 27.1 Å². The van der Waals surface area contributed by atoms with Crippen LogP contribution in [0.5, 0.6) is 0 Å². The number of likely N-dealkylation sites (N-methyl/N-ethyl adjacent to an activating group) is 1. The molecule has 46 heavy (non-hydrogen) atoms. The maximum Gasteiger partial charge on any atom is 0.272 e. The highest BCUT2D eigenvalue weighted by Crippen LogP contribution is 2.18. The Morgan fingerprint density at radius 3 is 2.30 bits per heavy atom. The number of hydrogen-bond donors (Lipinski definition) is 3. The zero-order valence-electron chi connectivity index (χ0n) is 27.3. The number of aryl methyl sites for hydroxylation is 1. The lowest BCUT2D eigenvalue weighted by Gasteiger charge is -2.32. The Bertz CT molecular complexity index is 1470. The summed E-state index contributed by atoms with van der Waals surface area (Å²) in [4.78, 5) is 18.9. The molecule has 0 spiro atoms. The summed E-state index contributed by atoms with van der Waals surface area (Å²) in [6, 6.07) is 14.7. The van der Waals surface area contributed by atoms with Gasteiger partial charge in [0.05, 0.1) is 23.1 Å². The average Bonchev–Trinajstić information content (AvgIpc) is 3.04. The van der Waals surface area contributed by atoms with E-state index in [0.29, 0.717) is 31.4 Å². The second-order valence-corrected chi connectivity index (χ2v) is 14.1. The number of rotatable bonds is 19. The molecule has 0 aliphatic carbocycles. The molecular weight excluding hydrogens is 610 g/mol. The first-order valence-electron chi connectivity index (χ1n) is 16.0. The highest BCUT2D eigenvalue weighted by atomic mass is 32.2. The first kappa shape index (κ1) is 37.2. The van der Waals surface area contributed by atoms with Crippen LogP contribution in [0.15, 0.2) is 66.9 Å². The van der Waals surface area contributed by atoms with Crippen molar-refractivity contribution in [3.8, 4) is 0 Å². The van der Waals surface area contributed by atoms with Crippen LogP contribution in [0.2, 0.25) is 0 Å². The Morgan fingerprint density at radius 2 is 1.67 bits per heavy atom. The van der Waals surface area contributed by atoms with E-state index in [-0.39, 0.29) is 31.0 Å². The number of halogens is 2. The Balaban J connectivity index is 1.85. The van der Waals surface area contributed by atoms with Crippen molar-refractivity contribution in [1.29, 1.82) is 0 Å². The lowest BCUT2D eigenvalue weighted by atomic mass is 10.00. The largest absolute Gasteiger partial charge is 0.390 e. The van der Waals surface area contributed by atoms with E-state index >= 15 is 0 Å². The maximum atomic E-state index is 14.1. The van der Waals surface area contributed by atoms with Crippen LogP contribution >= 0.6 is 0 Å². The standard InChI is InChI=1S/C35H48F2N4O4S/c1-5-11-31(7-3)46(44,45)24-30(41(4)35(43)32-14-8-9-15-39-32)22-40-33(19-27-17-28(36)20-29(37)18-27)34(42)23-38-21-26-13-10-12-25(6-2)16-26/h8-10,12-18,20,30-31,33-34,38,40,42H,5-7,11,19,21-24H2,1-4H3/t30-,31?,33+,34-/m1/s1. The predicted octanol–water partition coefficient (Wildman–Crippen LogP) is 4.71.